The molecule has 6 nitrogen and oxygen atoms in total. The van der Waals surface area contributed by atoms with E-state index in [9.17, 15) is 9.59 Å². The molecule has 0 aliphatic rings. The summed E-state index contributed by atoms with van der Waals surface area (Å²) in [6.45, 7) is 4.83. The Labute approximate surface area is 165 Å². The van der Waals surface area contributed by atoms with E-state index in [1.54, 1.807) is 24.1 Å². The van der Waals surface area contributed by atoms with E-state index in [-0.39, 0.29) is 18.4 Å². The van der Waals surface area contributed by atoms with Gasteiger partial charge in [0.25, 0.3) is 0 Å². The van der Waals surface area contributed by atoms with Crippen LogP contribution in [0.25, 0.3) is 6.08 Å². The number of esters is 1. The first-order valence-corrected chi connectivity index (χ1v) is 9.21. The van der Waals surface area contributed by atoms with Gasteiger partial charge in [-0.3, -0.25) is 14.6 Å². The third-order valence-electron chi connectivity index (χ3n) is 4.10. The number of methoxy groups -OCH3 is 1. The first-order valence-electron chi connectivity index (χ1n) is 9.21. The molecule has 1 amide bonds. The lowest BCUT2D eigenvalue weighted by Crippen LogP contribution is -2.36. The fourth-order valence-corrected chi connectivity index (χ4v) is 2.64. The van der Waals surface area contributed by atoms with Gasteiger partial charge in [0.2, 0.25) is 5.91 Å². The summed E-state index contributed by atoms with van der Waals surface area (Å²) in [4.78, 5) is 30.4. The normalized spacial score (nSPS) is 11.8. The number of ether oxygens (including phenoxy) is 2. The number of amides is 1. The van der Waals surface area contributed by atoms with Crippen molar-refractivity contribution >= 4 is 18.0 Å². The number of carbonyl (C=O) groups excluding carboxylic acids is 2. The smallest absolute Gasteiger partial charge is 0.310 e. The lowest BCUT2D eigenvalue weighted by atomic mass is 10.1. The number of aromatic nitrogens is 1. The van der Waals surface area contributed by atoms with Crippen LogP contribution >= 0.6 is 0 Å². The van der Waals surface area contributed by atoms with Gasteiger partial charge in [-0.1, -0.05) is 25.1 Å². The molecule has 0 saturated carbocycles. The summed E-state index contributed by atoms with van der Waals surface area (Å²) >= 11 is 0. The second-order valence-electron chi connectivity index (χ2n) is 6.30. The number of pyridine rings is 1. The summed E-state index contributed by atoms with van der Waals surface area (Å²) in [6.07, 6.45) is 4.92. The van der Waals surface area contributed by atoms with E-state index >= 15 is 0 Å². The molecule has 0 fully saturated rings. The van der Waals surface area contributed by atoms with Crippen LogP contribution < -0.4 is 4.74 Å². The quantitative estimate of drug-likeness (QED) is 0.491. The summed E-state index contributed by atoms with van der Waals surface area (Å²) in [5.41, 5.74) is 1.64. The van der Waals surface area contributed by atoms with Crippen molar-refractivity contribution in [1.29, 1.82) is 0 Å². The van der Waals surface area contributed by atoms with Crippen molar-refractivity contribution in [1.82, 2.24) is 9.88 Å². The fourth-order valence-electron chi connectivity index (χ4n) is 2.64. The Balaban J connectivity index is 2.11. The Hall–Kier alpha value is -3.15. The highest BCUT2D eigenvalue weighted by atomic mass is 16.5. The highest BCUT2D eigenvalue weighted by Crippen LogP contribution is 2.14. The molecule has 1 aromatic heterocycles. The van der Waals surface area contributed by atoms with E-state index < -0.39 is 5.92 Å². The maximum absolute atomic E-state index is 12.8. The molecule has 148 valence electrons. The SMILES string of the molecule is CCOc1ccc(/C=C/C(=O)N(Cc2ccccn2)CC(C)C(=O)OC)cc1. The van der Waals surface area contributed by atoms with Crippen molar-refractivity contribution in [3.8, 4) is 5.75 Å². The van der Waals surface area contributed by atoms with Crippen molar-refractivity contribution in [3.63, 3.8) is 0 Å². The molecular formula is C22H26N2O4. The van der Waals surface area contributed by atoms with Crippen LogP contribution in [0.1, 0.15) is 25.1 Å². The predicted molar refractivity (Wildman–Crippen MR) is 107 cm³/mol. The summed E-state index contributed by atoms with van der Waals surface area (Å²) in [5, 5.41) is 0. The molecule has 1 aromatic carbocycles. The molecule has 1 heterocycles. The topological polar surface area (TPSA) is 68.7 Å². The number of hydrogen-bond acceptors (Lipinski definition) is 5. The lowest BCUT2D eigenvalue weighted by molar-refractivity contribution is -0.146. The molecular weight excluding hydrogens is 356 g/mol. The average Bonchev–Trinajstić information content (AvgIpc) is 2.72. The first-order chi connectivity index (χ1) is 13.5. The standard InChI is InChI=1S/C22H26N2O4/c1-4-28-20-11-8-18(9-12-20)10-13-21(25)24(15-17(2)22(26)27-3)16-19-7-5-6-14-23-19/h5-14,17H,4,15-16H2,1-3H3/b13-10+. The minimum atomic E-state index is -0.434. The zero-order chi connectivity index (χ0) is 20.4. The van der Waals surface area contributed by atoms with Gasteiger partial charge in [0.1, 0.15) is 5.75 Å². The maximum Gasteiger partial charge on any atom is 0.310 e. The van der Waals surface area contributed by atoms with Gasteiger partial charge in [0.05, 0.1) is 31.9 Å². The molecule has 0 aliphatic carbocycles. The van der Waals surface area contributed by atoms with Crippen LogP contribution in [0.5, 0.6) is 5.75 Å². The highest BCUT2D eigenvalue weighted by molar-refractivity contribution is 5.92. The van der Waals surface area contributed by atoms with Crippen molar-refractivity contribution < 1.29 is 19.1 Å². The second kappa shape index (κ2) is 10.9. The fraction of sp³-hybridized carbons (Fsp3) is 0.318. The van der Waals surface area contributed by atoms with Crippen LogP contribution in [0.2, 0.25) is 0 Å². The lowest BCUT2D eigenvalue weighted by Gasteiger charge is -2.23. The van der Waals surface area contributed by atoms with Gasteiger partial charge in [-0.2, -0.15) is 0 Å². The number of hydrogen-bond donors (Lipinski definition) is 0. The third kappa shape index (κ3) is 6.54. The van der Waals surface area contributed by atoms with Crippen LogP contribution in [0.4, 0.5) is 0 Å². The molecule has 0 bridgehead atoms. The summed E-state index contributed by atoms with van der Waals surface area (Å²) in [6, 6.07) is 13.0. The number of benzene rings is 1. The first kappa shape index (κ1) is 21.2. The zero-order valence-corrected chi connectivity index (χ0v) is 16.5. The Morgan fingerprint density at radius 2 is 1.93 bits per heavy atom. The molecule has 0 saturated heterocycles. The van der Waals surface area contributed by atoms with Crippen LogP contribution in [-0.2, 0) is 20.9 Å². The molecule has 2 aromatic rings. The Bertz CT molecular complexity index is 788. The molecule has 1 unspecified atom stereocenters. The van der Waals surface area contributed by atoms with Gasteiger partial charge in [-0.05, 0) is 42.8 Å². The van der Waals surface area contributed by atoms with E-state index in [4.69, 9.17) is 9.47 Å². The van der Waals surface area contributed by atoms with Gasteiger partial charge in [-0.25, -0.2) is 0 Å². The summed E-state index contributed by atoms with van der Waals surface area (Å²) in [7, 11) is 1.34. The van der Waals surface area contributed by atoms with E-state index in [0.717, 1.165) is 17.0 Å². The second-order valence-corrected chi connectivity index (χ2v) is 6.30. The predicted octanol–water partition coefficient (Wildman–Crippen LogP) is 3.33. The van der Waals surface area contributed by atoms with Crippen LogP contribution in [0.3, 0.4) is 0 Å². The largest absolute Gasteiger partial charge is 0.494 e. The molecule has 0 aliphatic heterocycles. The zero-order valence-electron chi connectivity index (χ0n) is 16.5. The molecule has 2 rings (SSSR count). The Morgan fingerprint density at radius 3 is 2.54 bits per heavy atom. The molecule has 6 heteroatoms. The molecule has 0 radical (unpaired) electrons. The van der Waals surface area contributed by atoms with Gasteiger partial charge < -0.3 is 14.4 Å². The van der Waals surface area contributed by atoms with Gasteiger partial charge in [0, 0.05) is 18.8 Å². The van der Waals surface area contributed by atoms with E-state index in [1.165, 1.54) is 13.2 Å². The van der Waals surface area contributed by atoms with E-state index in [2.05, 4.69) is 4.98 Å². The van der Waals surface area contributed by atoms with Crippen LogP contribution in [-0.4, -0.2) is 42.0 Å². The van der Waals surface area contributed by atoms with Crippen LogP contribution in [0.15, 0.2) is 54.7 Å². The van der Waals surface area contributed by atoms with Gasteiger partial charge >= 0.3 is 5.97 Å². The van der Waals surface area contributed by atoms with Crippen LogP contribution in [0, 0.1) is 5.92 Å². The summed E-state index contributed by atoms with van der Waals surface area (Å²) < 4.78 is 10.2. The molecule has 1 atom stereocenters. The Morgan fingerprint density at radius 1 is 1.18 bits per heavy atom. The number of carbonyl (C=O) groups is 2. The minimum absolute atomic E-state index is 0.199. The maximum atomic E-state index is 12.8. The molecule has 28 heavy (non-hydrogen) atoms. The van der Waals surface area contributed by atoms with Gasteiger partial charge in [-0.15, -0.1) is 0 Å². The summed E-state index contributed by atoms with van der Waals surface area (Å²) in [5.74, 6) is -0.198. The highest BCUT2D eigenvalue weighted by Gasteiger charge is 2.20. The molecule has 0 N–H and O–H groups in total. The van der Waals surface area contributed by atoms with E-state index in [1.807, 2.05) is 49.4 Å². The minimum Gasteiger partial charge on any atom is -0.494 e. The van der Waals surface area contributed by atoms with Crippen molar-refractivity contribution in [3.05, 3.63) is 66.0 Å². The third-order valence-corrected chi connectivity index (χ3v) is 4.10. The van der Waals surface area contributed by atoms with Crippen molar-refractivity contribution in [2.24, 2.45) is 5.92 Å². The van der Waals surface area contributed by atoms with Crippen molar-refractivity contribution in [2.75, 3.05) is 20.3 Å². The van der Waals surface area contributed by atoms with E-state index in [0.29, 0.717) is 13.2 Å². The molecule has 0 spiro atoms. The van der Waals surface area contributed by atoms with Gasteiger partial charge in [0.15, 0.2) is 0 Å². The average molecular weight is 382 g/mol. The Kier molecular flexibility index (Phi) is 8.21. The number of nitrogens with zero attached hydrogens (tertiary/aromatic N) is 2. The number of rotatable bonds is 9. The monoisotopic (exact) mass is 382 g/mol. The van der Waals surface area contributed by atoms with Crippen molar-refractivity contribution in [2.45, 2.75) is 20.4 Å².